The zero-order valence-corrected chi connectivity index (χ0v) is 17.3. The Morgan fingerprint density at radius 1 is 1.30 bits per heavy atom. The molecule has 2 N–H and O–H groups in total. The second kappa shape index (κ2) is 8.78. The highest BCUT2D eigenvalue weighted by Crippen LogP contribution is 2.32. The first kappa shape index (κ1) is 21.3. The molecule has 27 heavy (non-hydrogen) atoms. The zero-order chi connectivity index (χ0) is 17.4. The highest BCUT2D eigenvalue weighted by Gasteiger charge is 2.25. The number of benzene rings is 1. The fourth-order valence-electron chi connectivity index (χ4n) is 3.25. The van der Waals surface area contributed by atoms with Gasteiger partial charge in [0.25, 0.3) is 0 Å². The molecule has 1 aliphatic rings. The molecule has 0 aliphatic carbocycles. The molecule has 0 fully saturated rings. The lowest BCUT2D eigenvalue weighted by Crippen LogP contribution is -2.37. The Morgan fingerprint density at radius 2 is 2.11 bits per heavy atom. The van der Waals surface area contributed by atoms with Crippen molar-refractivity contribution in [3.05, 3.63) is 52.7 Å². The number of oxazole rings is 1. The van der Waals surface area contributed by atoms with E-state index in [-0.39, 0.29) is 37.1 Å². The third-order valence-electron chi connectivity index (χ3n) is 4.53. The number of amides is 1. The van der Waals surface area contributed by atoms with Crippen LogP contribution in [0.15, 0.2) is 40.1 Å². The van der Waals surface area contributed by atoms with Crippen LogP contribution < -0.4 is 10.6 Å². The van der Waals surface area contributed by atoms with Gasteiger partial charge in [-0.1, -0.05) is 12.1 Å². The van der Waals surface area contributed by atoms with E-state index in [0.29, 0.717) is 23.9 Å². The third-order valence-corrected chi connectivity index (χ3v) is 5.39. The molecule has 0 saturated carbocycles. The molecule has 1 aromatic carbocycles. The summed E-state index contributed by atoms with van der Waals surface area (Å²) in [5.74, 6) is 1.31. The van der Waals surface area contributed by atoms with Crippen molar-refractivity contribution in [2.75, 3.05) is 17.2 Å². The SMILES string of the molecule is Cc1oc(-c2cccs2)nc1CC(=O)N1CCCc2c(N)cccc21.Cl.Cl. The van der Waals surface area contributed by atoms with Gasteiger partial charge in [0.1, 0.15) is 5.76 Å². The van der Waals surface area contributed by atoms with E-state index < -0.39 is 0 Å². The van der Waals surface area contributed by atoms with E-state index in [1.54, 1.807) is 11.3 Å². The van der Waals surface area contributed by atoms with E-state index in [2.05, 4.69) is 4.98 Å². The summed E-state index contributed by atoms with van der Waals surface area (Å²) in [5.41, 5.74) is 9.52. The number of aromatic nitrogens is 1. The highest BCUT2D eigenvalue weighted by atomic mass is 35.5. The number of fused-ring (bicyclic) bond motifs is 1. The highest BCUT2D eigenvalue weighted by molar-refractivity contribution is 7.13. The predicted molar refractivity (Wildman–Crippen MR) is 114 cm³/mol. The molecular formula is C19H21Cl2N3O2S. The minimum Gasteiger partial charge on any atom is -0.440 e. The van der Waals surface area contributed by atoms with Gasteiger partial charge in [-0.25, -0.2) is 4.98 Å². The molecule has 0 bridgehead atoms. The van der Waals surface area contributed by atoms with Crippen molar-refractivity contribution in [2.24, 2.45) is 0 Å². The maximum atomic E-state index is 12.9. The number of nitrogens with two attached hydrogens (primary N) is 1. The number of aryl methyl sites for hydroxylation is 1. The minimum absolute atomic E-state index is 0. The predicted octanol–water partition coefficient (Wildman–Crippen LogP) is 4.66. The molecule has 0 radical (unpaired) electrons. The van der Waals surface area contributed by atoms with Crippen molar-refractivity contribution < 1.29 is 9.21 Å². The number of carbonyl (C=O) groups is 1. The summed E-state index contributed by atoms with van der Waals surface area (Å²) in [4.78, 5) is 20.2. The molecule has 8 heteroatoms. The van der Waals surface area contributed by atoms with Crippen molar-refractivity contribution in [3.8, 4) is 10.8 Å². The van der Waals surface area contributed by atoms with Crippen molar-refractivity contribution >= 4 is 53.4 Å². The van der Waals surface area contributed by atoms with Crippen LogP contribution in [0, 0.1) is 6.92 Å². The van der Waals surface area contributed by atoms with E-state index >= 15 is 0 Å². The molecule has 0 spiro atoms. The molecular weight excluding hydrogens is 405 g/mol. The molecule has 0 atom stereocenters. The van der Waals surface area contributed by atoms with E-state index in [0.717, 1.165) is 34.7 Å². The molecule has 3 aromatic rings. The summed E-state index contributed by atoms with van der Waals surface area (Å²) < 4.78 is 5.74. The molecule has 5 nitrogen and oxygen atoms in total. The normalized spacial score (nSPS) is 12.7. The van der Waals surface area contributed by atoms with Gasteiger partial charge in [0.2, 0.25) is 11.8 Å². The fourth-order valence-corrected chi connectivity index (χ4v) is 3.90. The van der Waals surface area contributed by atoms with Gasteiger partial charge in [-0.3, -0.25) is 4.79 Å². The van der Waals surface area contributed by atoms with Crippen LogP contribution in [0.25, 0.3) is 10.8 Å². The summed E-state index contributed by atoms with van der Waals surface area (Å²) >= 11 is 1.57. The number of hydrogen-bond donors (Lipinski definition) is 1. The summed E-state index contributed by atoms with van der Waals surface area (Å²) in [6.07, 6.45) is 2.07. The van der Waals surface area contributed by atoms with Crippen molar-refractivity contribution in [3.63, 3.8) is 0 Å². The van der Waals surface area contributed by atoms with Gasteiger partial charge in [-0.05, 0) is 48.9 Å². The Bertz CT molecular complexity index is 925. The number of carbonyl (C=O) groups excluding carboxylic acids is 1. The van der Waals surface area contributed by atoms with Crippen LogP contribution in [0.2, 0.25) is 0 Å². The lowest BCUT2D eigenvalue weighted by atomic mass is 9.99. The Morgan fingerprint density at radius 3 is 2.85 bits per heavy atom. The van der Waals surface area contributed by atoms with Gasteiger partial charge in [0.05, 0.1) is 17.0 Å². The maximum Gasteiger partial charge on any atom is 0.236 e. The Labute approximate surface area is 174 Å². The first-order chi connectivity index (χ1) is 12.1. The van der Waals surface area contributed by atoms with Gasteiger partial charge < -0.3 is 15.1 Å². The number of thiophene rings is 1. The monoisotopic (exact) mass is 425 g/mol. The number of anilines is 2. The lowest BCUT2D eigenvalue weighted by molar-refractivity contribution is -0.118. The first-order valence-corrected chi connectivity index (χ1v) is 9.19. The number of nitrogens with zero attached hydrogens (tertiary/aromatic N) is 2. The Hall–Kier alpha value is -2.02. The van der Waals surface area contributed by atoms with Crippen LogP contribution in [0.3, 0.4) is 0 Å². The summed E-state index contributed by atoms with van der Waals surface area (Å²) in [6, 6.07) is 9.68. The van der Waals surface area contributed by atoms with Gasteiger partial charge in [0, 0.05) is 17.9 Å². The summed E-state index contributed by atoms with van der Waals surface area (Å²) in [5, 5.41) is 1.98. The van der Waals surface area contributed by atoms with Gasteiger partial charge >= 0.3 is 0 Å². The smallest absolute Gasteiger partial charge is 0.236 e. The zero-order valence-electron chi connectivity index (χ0n) is 14.8. The van der Waals surface area contributed by atoms with Crippen molar-refractivity contribution in [1.29, 1.82) is 0 Å². The van der Waals surface area contributed by atoms with Crippen LogP contribution in [0.5, 0.6) is 0 Å². The van der Waals surface area contributed by atoms with Crippen LogP contribution >= 0.6 is 36.2 Å². The van der Waals surface area contributed by atoms with Gasteiger partial charge in [0.15, 0.2) is 0 Å². The second-order valence-corrected chi connectivity index (χ2v) is 7.12. The second-order valence-electron chi connectivity index (χ2n) is 6.17. The topological polar surface area (TPSA) is 72.4 Å². The average molecular weight is 426 g/mol. The van der Waals surface area contributed by atoms with E-state index in [1.807, 2.05) is 47.5 Å². The molecule has 4 rings (SSSR count). The minimum atomic E-state index is 0. The van der Waals surface area contributed by atoms with E-state index in [4.69, 9.17) is 10.2 Å². The standard InChI is InChI=1S/C19H19N3O2S.2ClH/c1-12-15(21-19(24-12)17-8-4-10-25-17)11-18(23)22-9-3-5-13-14(20)6-2-7-16(13)22;;/h2,4,6-8,10H,3,5,9,11,20H2,1H3;2*1H. The fraction of sp³-hybridized carbons (Fsp3) is 0.263. The maximum absolute atomic E-state index is 12.9. The quantitative estimate of drug-likeness (QED) is 0.619. The Balaban J connectivity index is 0.00000131. The number of rotatable bonds is 3. The lowest BCUT2D eigenvalue weighted by Gasteiger charge is -2.30. The average Bonchev–Trinajstić information content (AvgIpc) is 3.25. The Kier molecular flexibility index (Phi) is 6.92. The van der Waals surface area contributed by atoms with Crippen LogP contribution in [-0.4, -0.2) is 17.4 Å². The molecule has 144 valence electrons. The molecule has 0 unspecified atom stereocenters. The molecule has 1 amide bonds. The number of nitrogen functional groups attached to an aromatic ring is 1. The summed E-state index contributed by atoms with van der Waals surface area (Å²) in [6.45, 7) is 2.57. The van der Waals surface area contributed by atoms with Crippen molar-refractivity contribution in [1.82, 2.24) is 4.98 Å². The number of hydrogen-bond acceptors (Lipinski definition) is 5. The summed E-state index contributed by atoms with van der Waals surface area (Å²) in [7, 11) is 0. The first-order valence-electron chi connectivity index (χ1n) is 8.31. The largest absolute Gasteiger partial charge is 0.440 e. The van der Waals surface area contributed by atoms with Crippen LogP contribution in [-0.2, 0) is 17.6 Å². The van der Waals surface area contributed by atoms with Crippen molar-refractivity contribution in [2.45, 2.75) is 26.2 Å². The molecule has 2 aromatic heterocycles. The van der Waals surface area contributed by atoms with E-state index in [9.17, 15) is 4.79 Å². The molecule has 0 saturated heterocycles. The number of halogens is 2. The van der Waals surface area contributed by atoms with Gasteiger partial charge in [-0.15, -0.1) is 36.2 Å². The van der Waals surface area contributed by atoms with Gasteiger partial charge in [-0.2, -0.15) is 0 Å². The van der Waals surface area contributed by atoms with Crippen LogP contribution in [0.4, 0.5) is 11.4 Å². The molecule has 3 heterocycles. The van der Waals surface area contributed by atoms with Crippen LogP contribution in [0.1, 0.15) is 23.4 Å². The molecule has 1 aliphatic heterocycles. The van der Waals surface area contributed by atoms with E-state index in [1.165, 1.54) is 0 Å². The third kappa shape index (κ3) is 4.13.